The molecule has 0 atom stereocenters. The van der Waals surface area contributed by atoms with Crippen LogP contribution in [0.1, 0.15) is 16.0 Å². The van der Waals surface area contributed by atoms with Crippen molar-refractivity contribution in [2.75, 3.05) is 0 Å². The fraction of sp³-hybridized carbons (Fsp3) is 0.0400. The lowest BCUT2D eigenvalue weighted by atomic mass is 9.96. The zero-order valence-corrected chi connectivity index (χ0v) is 15.2. The Morgan fingerprint density at radius 3 is 1.92 bits per heavy atom. The van der Waals surface area contributed by atoms with E-state index < -0.39 is 0 Å². The molecule has 4 aromatic carbocycles. The Kier molecular flexibility index (Phi) is 2.78. The van der Waals surface area contributed by atoms with Gasteiger partial charge in [-0.2, -0.15) is 0 Å². The second kappa shape index (κ2) is 5.06. The van der Waals surface area contributed by atoms with Crippen LogP contribution in [-0.4, -0.2) is 0 Å². The van der Waals surface area contributed by atoms with Crippen molar-refractivity contribution >= 4 is 37.8 Å². The first-order valence-electron chi connectivity index (χ1n) is 8.97. The van der Waals surface area contributed by atoms with E-state index in [1.165, 1.54) is 58.8 Å². The Balaban J connectivity index is 1.91. The summed E-state index contributed by atoms with van der Waals surface area (Å²) in [5, 5.41) is 5.54. The minimum absolute atomic E-state index is 1.34. The number of benzene rings is 4. The summed E-state index contributed by atoms with van der Waals surface area (Å²) in [6.07, 6.45) is 0. The van der Waals surface area contributed by atoms with Crippen molar-refractivity contribution in [1.29, 1.82) is 0 Å². The largest absolute Gasteiger partial charge is 0.140 e. The molecule has 1 heteroatoms. The Bertz CT molecular complexity index is 1340. The first-order valence-corrected chi connectivity index (χ1v) is 9.78. The van der Waals surface area contributed by atoms with E-state index in [4.69, 9.17) is 0 Å². The van der Waals surface area contributed by atoms with Crippen molar-refractivity contribution in [2.45, 2.75) is 6.92 Å². The minimum atomic E-state index is 1.34. The molecule has 0 bridgehead atoms. The molecule has 0 spiro atoms. The van der Waals surface area contributed by atoms with Gasteiger partial charge in [-0.05, 0) is 51.4 Å². The molecule has 122 valence electrons. The maximum Gasteiger partial charge on any atom is 0.0358 e. The lowest BCUT2D eigenvalue weighted by Gasteiger charge is -2.06. The molecule has 1 aliphatic rings. The molecule has 0 fully saturated rings. The molecule has 6 rings (SSSR count). The molecule has 0 N–H and O–H groups in total. The Morgan fingerprint density at radius 2 is 1.23 bits per heavy atom. The third-order valence-electron chi connectivity index (χ3n) is 5.57. The van der Waals surface area contributed by atoms with Crippen molar-refractivity contribution in [3.8, 4) is 11.1 Å². The average molecular weight is 348 g/mol. The van der Waals surface area contributed by atoms with Gasteiger partial charge in [0.05, 0.1) is 0 Å². The van der Waals surface area contributed by atoms with Gasteiger partial charge in [-0.1, -0.05) is 72.8 Å². The predicted molar refractivity (Wildman–Crippen MR) is 113 cm³/mol. The highest BCUT2D eigenvalue weighted by Gasteiger charge is 2.24. The Hall–Kier alpha value is -2.90. The SMILES string of the molecule is Cc1sc2cccc3ccc(=C4c5ccccc5-c5ccccc54)c1c32. The maximum absolute atomic E-state index is 2.32. The fourth-order valence-electron chi connectivity index (χ4n) is 4.53. The van der Waals surface area contributed by atoms with Crippen LogP contribution in [0.25, 0.3) is 37.6 Å². The van der Waals surface area contributed by atoms with Crippen LogP contribution in [0.3, 0.4) is 0 Å². The van der Waals surface area contributed by atoms with E-state index in [9.17, 15) is 0 Å². The molecular formula is C25H16S. The third kappa shape index (κ3) is 1.73. The van der Waals surface area contributed by atoms with Gasteiger partial charge in [0.1, 0.15) is 0 Å². The van der Waals surface area contributed by atoms with E-state index in [1.54, 1.807) is 0 Å². The summed E-state index contributed by atoms with van der Waals surface area (Å²) in [4.78, 5) is 1.40. The molecular weight excluding hydrogens is 332 g/mol. The summed E-state index contributed by atoms with van der Waals surface area (Å²) in [6.45, 7) is 2.26. The minimum Gasteiger partial charge on any atom is -0.140 e. The van der Waals surface area contributed by atoms with E-state index in [0.29, 0.717) is 0 Å². The highest BCUT2D eigenvalue weighted by Crippen LogP contribution is 2.43. The molecule has 0 amide bonds. The van der Waals surface area contributed by atoms with Gasteiger partial charge in [0.2, 0.25) is 0 Å². The lowest BCUT2D eigenvalue weighted by molar-refractivity contribution is 1.58. The summed E-state index contributed by atoms with van der Waals surface area (Å²) in [5.74, 6) is 0. The van der Waals surface area contributed by atoms with Crippen molar-refractivity contribution < 1.29 is 0 Å². The molecule has 26 heavy (non-hydrogen) atoms. The number of fused-ring (bicyclic) bond motifs is 3. The Morgan fingerprint density at radius 1 is 0.577 bits per heavy atom. The third-order valence-corrected chi connectivity index (χ3v) is 6.65. The van der Waals surface area contributed by atoms with E-state index in [1.807, 2.05) is 11.3 Å². The molecule has 0 saturated carbocycles. The highest BCUT2D eigenvalue weighted by atomic mass is 32.1. The summed E-state index contributed by atoms with van der Waals surface area (Å²) in [6, 6.07) is 28.9. The van der Waals surface area contributed by atoms with Crippen LogP contribution in [0.4, 0.5) is 0 Å². The van der Waals surface area contributed by atoms with Crippen LogP contribution in [0.15, 0.2) is 78.9 Å². The second-order valence-electron chi connectivity index (χ2n) is 6.97. The standard InChI is InChI=1S/C25H16S/c1-15-23-21(14-13-16-7-6-12-22(26-15)24(16)23)25-19-10-4-2-8-17(19)18-9-3-5-11-20(18)25/h2-14H,1H3. The van der Waals surface area contributed by atoms with Crippen LogP contribution in [0.5, 0.6) is 0 Å². The van der Waals surface area contributed by atoms with Gasteiger partial charge in [0.25, 0.3) is 0 Å². The zero-order chi connectivity index (χ0) is 17.3. The molecule has 0 nitrogen and oxygen atoms in total. The Labute approximate surface area is 156 Å². The van der Waals surface area contributed by atoms with Gasteiger partial charge >= 0.3 is 0 Å². The van der Waals surface area contributed by atoms with Gasteiger partial charge in [0.15, 0.2) is 0 Å². The van der Waals surface area contributed by atoms with Crippen LogP contribution >= 0.6 is 11.3 Å². The smallest absolute Gasteiger partial charge is 0.0358 e. The monoisotopic (exact) mass is 348 g/mol. The topological polar surface area (TPSA) is 0 Å². The van der Waals surface area contributed by atoms with Crippen LogP contribution < -0.4 is 5.22 Å². The summed E-state index contributed by atoms with van der Waals surface area (Å²) >= 11 is 1.91. The molecule has 0 unspecified atom stereocenters. The molecule has 1 heterocycles. The molecule has 0 radical (unpaired) electrons. The van der Waals surface area contributed by atoms with E-state index >= 15 is 0 Å². The van der Waals surface area contributed by atoms with Gasteiger partial charge in [0, 0.05) is 20.3 Å². The lowest BCUT2D eigenvalue weighted by Crippen LogP contribution is -2.08. The maximum atomic E-state index is 2.32. The number of hydrogen-bond acceptors (Lipinski definition) is 1. The average Bonchev–Trinajstić information content (AvgIpc) is 3.19. The molecule has 1 aromatic heterocycles. The number of aryl methyl sites for hydroxylation is 1. The normalized spacial score (nSPS) is 12.7. The molecule has 0 aliphatic heterocycles. The number of hydrogen-bond donors (Lipinski definition) is 0. The van der Waals surface area contributed by atoms with E-state index in [-0.39, 0.29) is 0 Å². The van der Waals surface area contributed by atoms with Crippen molar-refractivity contribution in [3.63, 3.8) is 0 Å². The van der Waals surface area contributed by atoms with Gasteiger partial charge in [-0.25, -0.2) is 0 Å². The van der Waals surface area contributed by atoms with Gasteiger partial charge in [-0.3, -0.25) is 0 Å². The van der Waals surface area contributed by atoms with Gasteiger partial charge < -0.3 is 0 Å². The summed E-state index contributed by atoms with van der Waals surface area (Å²) < 4.78 is 1.39. The number of thiophene rings is 1. The fourth-order valence-corrected chi connectivity index (χ4v) is 5.64. The van der Waals surface area contributed by atoms with Crippen molar-refractivity contribution in [3.05, 3.63) is 100 Å². The second-order valence-corrected chi connectivity index (χ2v) is 8.22. The highest BCUT2D eigenvalue weighted by molar-refractivity contribution is 7.20. The van der Waals surface area contributed by atoms with Crippen molar-refractivity contribution in [1.82, 2.24) is 0 Å². The molecule has 5 aromatic rings. The van der Waals surface area contributed by atoms with Gasteiger partial charge in [-0.15, -0.1) is 11.3 Å². The van der Waals surface area contributed by atoms with Crippen molar-refractivity contribution in [2.24, 2.45) is 0 Å². The van der Waals surface area contributed by atoms with Crippen LogP contribution in [-0.2, 0) is 0 Å². The number of rotatable bonds is 0. The first kappa shape index (κ1) is 14.3. The molecule has 0 saturated heterocycles. The predicted octanol–water partition coefficient (Wildman–Crippen LogP) is 6.31. The zero-order valence-electron chi connectivity index (χ0n) is 14.4. The summed E-state index contributed by atoms with van der Waals surface area (Å²) in [5.41, 5.74) is 6.78. The van der Waals surface area contributed by atoms with E-state index in [2.05, 4.69) is 85.8 Å². The van der Waals surface area contributed by atoms with Crippen LogP contribution in [0, 0.1) is 6.92 Å². The quantitative estimate of drug-likeness (QED) is 0.302. The first-order chi connectivity index (χ1) is 12.8. The van der Waals surface area contributed by atoms with E-state index in [0.717, 1.165) is 0 Å². The van der Waals surface area contributed by atoms with Crippen LogP contribution in [0.2, 0.25) is 0 Å². The molecule has 1 aliphatic carbocycles. The summed E-state index contributed by atoms with van der Waals surface area (Å²) in [7, 11) is 0.